The fourth-order valence-electron chi connectivity index (χ4n) is 1.04. The first-order chi connectivity index (χ1) is 6.66. The maximum atomic E-state index is 5.85. The van der Waals surface area contributed by atoms with Crippen LogP contribution in [0.25, 0.3) is 11.3 Å². The molecule has 1 unspecified atom stereocenters. The molecule has 2 nitrogen and oxygen atoms in total. The minimum absolute atomic E-state index is 0.179. The van der Waals surface area contributed by atoms with Crippen molar-refractivity contribution in [2.75, 3.05) is 0 Å². The second-order valence-corrected chi connectivity index (χ2v) is 6.28. The van der Waals surface area contributed by atoms with Gasteiger partial charge in [-0.15, -0.1) is 22.9 Å². The van der Waals surface area contributed by atoms with Gasteiger partial charge < -0.3 is 4.42 Å². The smallest absolute Gasteiger partial charge is 0.212 e. The van der Waals surface area contributed by atoms with Crippen molar-refractivity contribution in [1.29, 1.82) is 0 Å². The van der Waals surface area contributed by atoms with Crippen LogP contribution in [0.3, 0.4) is 0 Å². The van der Waals surface area contributed by atoms with Gasteiger partial charge in [0.2, 0.25) is 5.89 Å². The molecule has 0 aliphatic rings. The number of alkyl halides is 1. The number of hydrogen-bond acceptors (Lipinski definition) is 3. The van der Waals surface area contributed by atoms with E-state index in [0.29, 0.717) is 5.89 Å². The Labute approximate surface area is 104 Å². The maximum absolute atomic E-state index is 5.85. The van der Waals surface area contributed by atoms with Crippen molar-refractivity contribution in [2.45, 2.75) is 12.3 Å². The third kappa shape index (κ3) is 2.12. The molecule has 0 aromatic carbocycles. The third-order valence-corrected chi connectivity index (χ3v) is 3.69. The Hall–Kier alpha value is -0.0700. The lowest BCUT2D eigenvalue weighted by molar-refractivity contribution is 0.508. The number of nitrogens with zero attached hydrogens (tertiary/aromatic N) is 1. The summed E-state index contributed by atoms with van der Waals surface area (Å²) in [4.78, 5) is 4.10. The Morgan fingerprint density at radius 3 is 2.93 bits per heavy atom. The van der Waals surface area contributed by atoms with Crippen molar-refractivity contribution in [2.24, 2.45) is 0 Å². The van der Waals surface area contributed by atoms with Crippen LogP contribution in [0, 0.1) is 2.88 Å². The molecule has 2 aromatic rings. The van der Waals surface area contributed by atoms with Crippen LogP contribution in [0.15, 0.2) is 22.1 Å². The molecule has 14 heavy (non-hydrogen) atoms. The van der Waals surface area contributed by atoms with Gasteiger partial charge in [0.1, 0.15) is 5.38 Å². The second kappa shape index (κ2) is 4.20. The summed E-state index contributed by atoms with van der Waals surface area (Å²) < 4.78 is 6.74. The Kier molecular flexibility index (Phi) is 3.14. The summed E-state index contributed by atoms with van der Waals surface area (Å²) in [5.41, 5.74) is 1.07. The van der Waals surface area contributed by atoms with Crippen LogP contribution < -0.4 is 0 Å². The van der Waals surface area contributed by atoms with E-state index < -0.39 is 0 Å². The number of oxazole rings is 1. The van der Waals surface area contributed by atoms with Crippen molar-refractivity contribution in [3.63, 3.8) is 0 Å². The van der Waals surface area contributed by atoms with Crippen molar-refractivity contribution < 1.29 is 4.42 Å². The lowest BCUT2D eigenvalue weighted by Crippen LogP contribution is -1.80. The molecule has 0 aliphatic carbocycles. The van der Waals surface area contributed by atoms with Gasteiger partial charge in [-0.3, -0.25) is 0 Å². The van der Waals surface area contributed by atoms with Crippen molar-refractivity contribution in [3.8, 4) is 11.3 Å². The first-order valence-corrected chi connectivity index (χ1v) is 6.40. The molecule has 0 spiro atoms. The fourth-order valence-corrected chi connectivity index (χ4v) is 2.48. The molecule has 0 saturated heterocycles. The zero-order valence-electron chi connectivity index (χ0n) is 7.33. The van der Waals surface area contributed by atoms with Crippen LogP contribution in [0.4, 0.5) is 0 Å². The first kappa shape index (κ1) is 10.4. The zero-order chi connectivity index (χ0) is 10.1. The van der Waals surface area contributed by atoms with Gasteiger partial charge in [-0.05, 0) is 35.6 Å². The first-order valence-electron chi connectivity index (χ1n) is 4.01. The SMILES string of the molecule is CC(Cl)c1ncc(-c2csc(I)c2)o1. The van der Waals surface area contributed by atoms with Gasteiger partial charge in [0, 0.05) is 10.9 Å². The third-order valence-electron chi connectivity index (χ3n) is 1.72. The Morgan fingerprint density at radius 1 is 1.64 bits per heavy atom. The summed E-state index contributed by atoms with van der Waals surface area (Å²) in [5.74, 6) is 1.36. The number of rotatable bonds is 2. The average molecular weight is 340 g/mol. The van der Waals surface area contributed by atoms with E-state index in [1.54, 1.807) is 17.5 Å². The number of thiophene rings is 1. The highest BCUT2D eigenvalue weighted by Crippen LogP contribution is 2.29. The van der Waals surface area contributed by atoms with Gasteiger partial charge in [0.25, 0.3) is 0 Å². The number of halogens is 2. The van der Waals surface area contributed by atoms with Crippen LogP contribution in [-0.4, -0.2) is 4.98 Å². The van der Waals surface area contributed by atoms with E-state index in [4.69, 9.17) is 16.0 Å². The van der Waals surface area contributed by atoms with Crippen LogP contribution in [0.2, 0.25) is 0 Å². The van der Waals surface area contributed by atoms with Crippen LogP contribution >= 0.6 is 45.5 Å². The topological polar surface area (TPSA) is 26.0 Å². The van der Waals surface area contributed by atoms with Crippen molar-refractivity contribution in [1.82, 2.24) is 4.98 Å². The predicted molar refractivity (Wildman–Crippen MR) is 66.8 cm³/mol. The maximum Gasteiger partial charge on any atom is 0.212 e. The molecule has 0 fully saturated rings. The number of hydrogen-bond donors (Lipinski definition) is 0. The normalized spacial score (nSPS) is 13.1. The standard InChI is InChI=1S/C9H7ClINOS/c1-5(10)9-12-3-7(13-9)6-2-8(11)14-4-6/h2-5H,1H3. The molecule has 74 valence electrons. The van der Waals surface area contributed by atoms with E-state index in [2.05, 4.69) is 33.6 Å². The lowest BCUT2D eigenvalue weighted by Gasteiger charge is -1.93. The summed E-state index contributed by atoms with van der Waals surface area (Å²) in [6.45, 7) is 1.84. The molecular formula is C9H7ClINOS. The Bertz CT molecular complexity index is 437. The largest absolute Gasteiger partial charge is 0.439 e. The van der Waals surface area contributed by atoms with Gasteiger partial charge in [-0.25, -0.2) is 4.98 Å². The zero-order valence-corrected chi connectivity index (χ0v) is 11.1. The molecule has 0 aliphatic heterocycles. The highest BCUT2D eigenvalue weighted by Gasteiger charge is 2.11. The van der Waals surface area contributed by atoms with Gasteiger partial charge in [0.15, 0.2) is 5.76 Å². The molecule has 0 bridgehead atoms. The molecule has 2 rings (SSSR count). The molecular weight excluding hydrogens is 333 g/mol. The van der Waals surface area contributed by atoms with Gasteiger partial charge in [-0.1, -0.05) is 0 Å². The summed E-state index contributed by atoms with van der Waals surface area (Å²) in [7, 11) is 0. The molecule has 0 N–H and O–H groups in total. The molecule has 5 heteroatoms. The molecule has 0 saturated carbocycles. The highest BCUT2D eigenvalue weighted by molar-refractivity contribution is 14.1. The van der Waals surface area contributed by atoms with Crippen molar-refractivity contribution >= 4 is 45.5 Å². The van der Waals surface area contributed by atoms with E-state index in [-0.39, 0.29) is 5.38 Å². The van der Waals surface area contributed by atoms with Crippen LogP contribution in [0.1, 0.15) is 18.2 Å². The highest BCUT2D eigenvalue weighted by atomic mass is 127. The summed E-state index contributed by atoms with van der Waals surface area (Å²) in [6.07, 6.45) is 1.71. The average Bonchev–Trinajstić information content (AvgIpc) is 2.70. The van der Waals surface area contributed by atoms with E-state index in [9.17, 15) is 0 Å². The van der Waals surface area contributed by atoms with E-state index in [1.807, 2.05) is 12.3 Å². The quantitative estimate of drug-likeness (QED) is 0.602. The van der Waals surface area contributed by atoms with E-state index >= 15 is 0 Å². The van der Waals surface area contributed by atoms with E-state index in [0.717, 1.165) is 11.3 Å². The van der Waals surface area contributed by atoms with Gasteiger partial charge in [-0.2, -0.15) is 0 Å². The monoisotopic (exact) mass is 339 g/mol. The van der Waals surface area contributed by atoms with Crippen molar-refractivity contribution in [3.05, 3.63) is 26.4 Å². The summed E-state index contributed by atoms with van der Waals surface area (Å²) >= 11 is 9.81. The molecule has 0 radical (unpaired) electrons. The lowest BCUT2D eigenvalue weighted by atomic mass is 10.3. The summed E-state index contributed by atoms with van der Waals surface area (Å²) in [6, 6.07) is 2.06. The van der Waals surface area contributed by atoms with Crippen LogP contribution in [-0.2, 0) is 0 Å². The van der Waals surface area contributed by atoms with Gasteiger partial charge >= 0.3 is 0 Å². The molecule has 1 atom stereocenters. The Balaban J connectivity index is 2.33. The fraction of sp³-hybridized carbons (Fsp3) is 0.222. The molecule has 0 amide bonds. The minimum atomic E-state index is -0.179. The predicted octanol–water partition coefficient (Wildman–Crippen LogP) is 4.31. The number of aromatic nitrogens is 1. The molecule has 2 heterocycles. The van der Waals surface area contributed by atoms with E-state index in [1.165, 1.54) is 2.88 Å². The second-order valence-electron chi connectivity index (χ2n) is 2.82. The summed E-state index contributed by atoms with van der Waals surface area (Å²) in [5, 5.41) is 1.87. The minimum Gasteiger partial charge on any atom is -0.439 e. The van der Waals surface area contributed by atoms with Crippen LogP contribution in [0.5, 0.6) is 0 Å². The molecule has 2 aromatic heterocycles. The van der Waals surface area contributed by atoms with Gasteiger partial charge in [0.05, 0.1) is 9.08 Å². The Morgan fingerprint density at radius 2 is 2.43 bits per heavy atom.